The molecule has 3 aromatic rings. The van der Waals surface area contributed by atoms with Crippen molar-refractivity contribution >= 4 is 11.8 Å². The predicted molar refractivity (Wildman–Crippen MR) is 107 cm³/mol. The number of benzene rings is 1. The van der Waals surface area contributed by atoms with Gasteiger partial charge >= 0.3 is 0 Å². The first-order valence-electron chi connectivity index (χ1n) is 9.20. The van der Waals surface area contributed by atoms with Gasteiger partial charge in [-0.05, 0) is 24.3 Å². The third-order valence-electron chi connectivity index (χ3n) is 5.27. The number of aromatic nitrogens is 3. The van der Waals surface area contributed by atoms with Gasteiger partial charge in [0.05, 0.1) is 11.4 Å². The molecular weight excluding hydrogens is 370 g/mol. The van der Waals surface area contributed by atoms with Crippen molar-refractivity contribution in [1.82, 2.24) is 19.7 Å². The molecule has 1 aliphatic rings. The van der Waals surface area contributed by atoms with Crippen LogP contribution in [-0.4, -0.2) is 50.2 Å². The Morgan fingerprint density at radius 3 is 2.55 bits per heavy atom. The molecule has 1 saturated heterocycles. The lowest BCUT2D eigenvalue weighted by atomic mass is 9.97. The number of nitrogens with two attached hydrogens (primary N) is 1. The maximum absolute atomic E-state index is 12.4. The number of pyridine rings is 1. The Hall–Kier alpha value is -3.52. The van der Waals surface area contributed by atoms with Crippen molar-refractivity contribution in [3.05, 3.63) is 59.9 Å². The van der Waals surface area contributed by atoms with E-state index in [1.165, 1.54) is 4.90 Å². The molecule has 1 aliphatic heterocycles. The van der Waals surface area contributed by atoms with Gasteiger partial charge in [-0.3, -0.25) is 14.3 Å². The van der Waals surface area contributed by atoms with Crippen molar-refractivity contribution < 1.29 is 14.7 Å². The first-order valence-corrected chi connectivity index (χ1v) is 9.20. The summed E-state index contributed by atoms with van der Waals surface area (Å²) in [5, 5.41) is 15.3. The highest BCUT2D eigenvalue weighted by Crippen LogP contribution is 2.34. The summed E-state index contributed by atoms with van der Waals surface area (Å²) >= 11 is 0. The van der Waals surface area contributed by atoms with Crippen molar-refractivity contribution in [2.24, 2.45) is 12.8 Å². The van der Waals surface area contributed by atoms with Crippen LogP contribution in [0.1, 0.15) is 22.6 Å². The van der Waals surface area contributed by atoms with Crippen molar-refractivity contribution in [1.29, 1.82) is 0 Å². The van der Waals surface area contributed by atoms with Gasteiger partial charge in [-0.15, -0.1) is 0 Å². The topological polar surface area (TPSA) is 114 Å². The van der Waals surface area contributed by atoms with Crippen LogP contribution in [0, 0.1) is 0 Å². The van der Waals surface area contributed by atoms with E-state index in [0.717, 1.165) is 16.8 Å². The third-order valence-corrected chi connectivity index (χ3v) is 5.27. The molecule has 0 radical (unpaired) electrons. The molecule has 1 aromatic carbocycles. The zero-order chi connectivity index (χ0) is 20.8. The Morgan fingerprint density at radius 2 is 1.86 bits per heavy atom. The van der Waals surface area contributed by atoms with Gasteiger partial charge in [0.1, 0.15) is 11.4 Å². The molecule has 29 heavy (non-hydrogen) atoms. The lowest BCUT2D eigenvalue weighted by Crippen LogP contribution is -2.36. The van der Waals surface area contributed by atoms with Crippen LogP contribution in [0.2, 0.25) is 0 Å². The molecule has 1 atom stereocenters. The first kappa shape index (κ1) is 18.8. The number of amides is 2. The minimum Gasteiger partial charge on any atom is -0.374 e. The quantitative estimate of drug-likeness (QED) is 0.696. The molecule has 0 spiro atoms. The maximum atomic E-state index is 12.4. The smallest absolute Gasteiger partial charge is 0.267 e. The van der Waals surface area contributed by atoms with E-state index in [2.05, 4.69) is 10.1 Å². The lowest BCUT2D eigenvalue weighted by molar-refractivity contribution is -0.143. The molecule has 8 heteroatoms. The largest absolute Gasteiger partial charge is 0.374 e. The summed E-state index contributed by atoms with van der Waals surface area (Å²) in [5.74, 6) is -0.929. The van der Waals surface area contributed by atoms with Gasteiger partial charge < -0.3 is 15.7 Å². The average molecular weight is 391 g/mol. The Morgan fingerprint density at radius 1 is 1.14 bits per heavy atom. The normalized spacial score (nSPS) is 19.0. The fraction of sp³-hybridized carbons (Fsp3) is 0.238. The van der Waals surface area contributed by atoms with Gasteiger partial charge in [0, 0.05) is 38.2 Å². The van der Waals surface area contributed by atoms with Crippen LogP contribution in [0.5, 0.6) is 0 Å². The van der Waals surface area contributed by atoms with Crippen LogP contribution in [0.4, 0.5) is 0 Å². The summed E-state index contributed by atoms with van der Waals surface area (Å²) in [5.41, 5.74) is 7.29. The van der Waals surface area contributed by atoms with E-state index >= 15 is 0 Å². The highest BCUT2D eigenvalue weighted by Gasteiger charge is 2.47. The van der Waals surface area contributed by atoms with Crippen LogP contribution >= 0.6 is 0 Å². The summed E-state index contributed by atoms with van der Waals surface area (Å²) < 4.78 is 1.64. The Kier molecular flexibility index (Phi) is 4.43. The summed E-state index contributed by atoms with van der Waals surface area (Å²) in [4.78, 5) is 29.6. The van der Waals surface area contributed by atoms with Crippen LogP contribution in [0.25, 0.3) is 22.5 Å². The van der Waals surface area contributed by atoms with E-state index in [-0.39, 0.29) is 11.6 Å². The SMILES string of the molecule is CN1CC[C@](O)(c2cc(-c3cccc(-c4cccc(C(N)=O)n4)c3)n(C)n2)C1=O. The monoisotopic (exact) mass is 391 g/mol. The van der Waals surface area contributed by atoms with E-state index in [4.69, 9.17) is 5.73 Å². The molecule has 3 N–H and O–H groups in total. The summed E-state index contributed by atoms with van der Waals surface area (Å²) in [6.45, 7) is 0.485. The van der Waals surface area contributed by atoms with Crippen molar-refractivity contribution in [2.45, 2.75) is 12.0 Å². The second kappa shape index (κ2) is 6.82. The van der Waals surface area contributed by atoms with Crippen LogP contribution in [0.15, 0.2) is 48.5 Å². The highest BCUT2D eigenvalue weighted by molar-refractivity contribution is 5.91. The molecule has 4 rings (SSSR count). The number of hydrogen-bond acceptors (Lipinski definition) is 5. The van der Waals surface area contributed by atoms with E-state index < -0.39 is 11.5 Å². The number of nitrogens with zero attached hydrogens (tertiary/aromatic N) is 4. The Bertz CT molecular complexity index is 1120. The summed E-state index contributed by atoms with van der Waals surface area (Å²) in [6, 6.07) is 14.4. The summed E-state index contributed by atoms with van der Waals surface area (Å²) in [7, 11) is 3.44. The molecule has 2 aromatic heterocycles. The van der Waals surface area contributed by atoms with Gasteiger partial charge in [-0.25, -0.2) is 4.98 Å². The number of aliphatic hydroxyl groups is 1. The second-order valence-electron chi connectivity index (χ2n) is 7.23. The number of hydrogen-bond donors (Lipinski definition) is 2. The first-order chi connectivity index (χ1) is 13.8. The number of aryl methyl sites for hydroxylation is 1. The van der Waals surface area contributed by atoms with Gasteiger partial charge in [-0.1, -0.05) is 24.3 Å². The molecule has 148 valence electrons. The molecular formula is C21H21N5O3. The minimum absolute atomic E-state index is 0.196. The number of rotatable bonds is 4. The molecule has 1 fully saturated rings. The zero-order valence-electron chi connectivity index (χ0n) is 16.2. The van der Waals surface area contributed by atoms with Crippen LogP contribution in [0.3, 0.4) is 0 Å². The highest BCUT2D eigenvalue weighted by atomic mass is 16.3. The Balaban J connectivity index is 1.73. The second-order valence-corrected chi connectivity index (χ2v) is 7.23. The average Bonchev–Trinajstić information content (AvgIpc) is 3.24. The number of carbonyl (C=O) groups is 2. The molecule has 0 bridgehead atoms. The third kappa shape index (κ3) is 3.17. The molecule has 2 amide bonds. The van der Waals surface area contributed by atoms with E-state index in [0.29, 0.717) is 24.4 Å². The van der Waals surface area contributed by atoms with E-state index in [1.54, 1.807) is 43.0 Å². The van der Waals surface area contributed by atoms with Gasteiger partial charge in [0.15, 0.2) is 5.60 Å². The van der Waals surface area contributed by atoms with Crippen molar-refractivity contribution in [3.8, 4) is 22.5 Å². The summed E-state index contributed by atoms with van der Waals surface area (Å²) in [6.07, 6.45) is 0.308. The molecule has 0 aliphatic carbocycles. The van der Waals surface area contributed by atoms with Gasteiger partial charge in [0.2, 0.25) is 0 Å². The van der Waals surface area contributed by atoms with Crippen LogP contribution in [-0.2, 0) is 17.4 Å². The van der Waals surface area contributed by atoms with E-state index in [9.17, 15) is 14.7 Å². The molecule has 8 nitrogen and oxygen atoms in total. The van der Waals surface area contributed by atoms with Gasteiger partial charge in [0.25, 0.3) is 11.8 Å². The van der Waals surface area contributed by atoms with Crippen molar-refractivity contribution in [3.63, 3.8) is 0 Å². The van der Waals surface area contributed by atoms with E-state index in [1.807, 2.05) is 24.3 Å². The lowest BCUT2D eigenvalue weighted by Gasteiger charge is -2.17. The predicted octanol–water partition coefficient (Wildman–Crippen LogP) is 1.30. The fourth-order valence-electron chi connectivity index (χ4n) is 3.60. The number of likely N-dealkylation sites (tertiary alicyclic amines) is 1. The number of carbonyl (C=O) groups excluding carboxylic acids is 2. The zero-order valence-corrected chi connectivity index (χ0v) is 16.2. The molecule has 3 heterocycles. The maximum Gasteiger partial charge on any atom is 0.267 e. The Labute approximate surface area is 167 Å². The molecule has 0 saturated carbocycles. The van der Waals surface area contributed by atoms with Gasteiger partial charge in [-0.2, -0.15) is 5.10 Å². The number of primary amides is 1. The fourth-order valence-corrected chi connectivity index (χ4v) is 3.60. The van der Waals surface area contributed by atoms with Crippen molar-refractivity contribution in [2.75, 3.05) is 13.6 Å². The minimum atomic E-state index is -1.60. The number of likely N-dealkylation sites (N-methyl/N-ethyl adjacent to an activating group) is 1. The standard InChI is InChI=1S/C21H21N5O3/c1-25-10-9-21(29,20(25)28)18-12-17(26(2)24-18)14-6-3-5-13(11-14)15-7-4-8-16(23-15)19(22)27/h3-8,11-12,29H,9-10H2,1-2H3,(H2,22,27)/t21-/m0/s1. The van der Waals surface area contributed by atoms with Crippen LogP contribution < -0.4 is 5.73 Å². The molecule has 0 unspecified atom stereocenters.